The molecule has 1 N–H and O–H groups in total. The third kappa shape index (κ3) is 2.08. The van der Waals surface area contributed by atoms with Crippen LogP contribution in [0.4, 0.5) is 0 Å². The lowest BCUT2D eigenvalue weighted by molar-refractivity contribution is 0.442. The molecule has 4 nitrogen and oxygen atoms in total. The van der Waals surface area contributed by atoms with Gasteiger partial charge in [0.15, 0.2) is 0 Å². The summed E-state index contributed by atoms with van der Waals surface area (Å²) in [5.74, 6) is 1.23. The fourth-order valence-corrected chi connectivity index (χ4v) is 1.97. The van der Waals surface area contributed by atoms with Crippen molar-refractivity contribution in [3.05, 3.63) is 22.9 Å². The highest BCUT2D eigenvalue weighted by molar-refractivity contribution is 7.15. The second kappa shape index (κ2) is 4.12. The summed E-state index contributed by atoms with van der Waals surface area (Å²) in [5.41, 5.74) is 0. The van der Waals surface area contributed by atoms with E-state index in [4.69, 9.17) is 4.42 Å². The van der Waals surface area contributed by atoms with Crippen LogP contribution in [0.3, 0.4) is 0 Å². The molecule has 0 aliphatic heterocycles. The van der Waals surface area contributed by atoms with Crippen LogP contribution >= 0.6 is 11.3 Å². The largest absolute Gasteiger partial charge is 0.418 e. The number of rotatable bonds is 3. The van der Waals surface area contributed by atoms with Gasteiger partial charge < -0.3 is 9.73 Å². The Kier molecular flexibility index (Phi) is 2.83. The predicted octanol–water partition coefficient (Wildman–Crippen LogP) is 2.39. The third-order valence-electron chi connectivity index (χ3n) is 2.20. The molecule has 15 heavy (non-hydrogen) atoms. The Balaban J connectivity index is 2.27. The lowest BCUT2D eigenvalue weighted by Crippen LogP contribution is -2.12. The number of hydrogen-bond acceptors (Lipinski definition) is 5. The molecule has 0 saturated carbocycles. The molecule has 80 valence electrons. The second-order valence-corrected chi connectivity index (χ2v) is 4.65. The maximum atomic E-state index is 5.56. The Morgan fingerprint density at radius 1 is 1.40 bits per heavy atom. The summed E-state index contributed by atoms with van der Waals surface area (Å²) >= 11 is 1.66. The summed E-state index contributed by atoms with van der Waals surface area (Å²) in [4.78, 5) is 2.26. The van der Waals surface area contributed by atoms with Crippen LogP contribution in [0.5, 0.6) is 0 Å². The monoisotopic (exact) mass is 223 g/mol. The predicted molar refractivity (Wildman–Crippen MR) is 59.8 cm³/mol. The summed E-state index contributed by atoms with van der Waals surface area (Å²) in [6.45, 7) is 4.04. The van der Waals surface area contributed by atoms with Crippen molar-refractivity contribution in [3.8, 4) is 10.8 Å². The first-order valence-corrected chi connectivity index (χ1v) is 5.60. The molecule has 0 bridgehead atoms. The van der Waals surface area contributed by atoms with Crippen LogP contribution in [0.15, 0.2) is 16.5 Å². The Morgan fingerprint density at radius 3 is 2.80 bits per heavy atom. The standard InChI is InChI=1S/C10H13N3OS/c1-6-4-5-8(15-6)10-13-12-9(14-10)7(2)11-3/h4-5,7,11H,1-3H3. The van der Waals surface area contributed by atoms with Crippen molar-refractivity contribution in [1.29, 1.82) is 0 Å². The van der Waals surface area contributed by atoms with Gasteiger partial charge in [-0.25, -0.2) is 0 Å². The molecule has 0 saturated heterocycles. The average molecular weight is 223 g/mol. The van der Waals surface area contributed by atoms with Gasteiger partial charge in [-0.3, -0.25) is 0 Å². The number of aromatic nitrogens is 2. The molecular formula is C10H13N3OS. The second-order valence-electron chi connectivity index (χ2n) is 3.37. The summed E-state index contributed by atoms with van der Waals surface area (Å²) in [7, 11) is 1.86. The zero-order valence-electron chi connectivity index (χ0n) is 8.94. The molecule has 0 amide bonds. The number of nitrogens with zero attached hydrogens (tertiary/aromatic N) is 2. The molecule has 0 spiro atoms. The van der Waals surface area contributed by atoms with E-state index in [1.54, 1.807) is 11.3 Å². The van der Waals surface area contributed by atoms with Gasteiger partial charge in [0.2, 0.25) is 5.89 Å². The molecule has 1 unspecified atom stereocenters. The quantitative estimate of drug-likeness (QED) is 0.868. The van der Waals surface area contributed by atoms with Crippen molar-refractivity contribution in [1.82, 2.24) is 15.5 Å². The molecule has 0 aromatic carbocycles. The number of hydrogen-bond donors (Lipinski definition) is 1. The molecule has 2 rings (SSSR count). The Morgan fingerprint density at radius 2 is 2.20 bits per heavy atom. The van der Waals surface area contributed by atoms with Crippen molar-refractivity contribution in [2.45, 2.75) is 19.9 Å². The van der Waals surface area contributed by atoms with Crippen molar-refractivity contribution < 1.29 is 4.42 Å². The van der Waals surface area contributed by atoms with E-state index in [-0.39, 0.29) is 6.04 Å². The maximum absolute atomic E-state index is 5.56. The molecule has 2 aromatic rings. The van der Waals surface area contributed by atoms with Gasteiger partial charge in [-0.1, -0.05) is 0 Å². The van der Waals surface area contributed by atoms with Crippen molar-refractivity contribution >= 4 is 11.3 Å². The van der Waals surface area contributed by atoms with Crippen molar-refractivity contribution in [2.24, 2.45) is 0 Å². The molecule has 1 atom stereocenters. The first kappa shape index (κ1) is 10.3. The third-order valence-corrected chi connectivity index (χ3v) is 3.18. The highest BCUT2D eigenvalue weighted by atomic mass is 32.1. The van der Waals surface area contributed by atoms with E-state index >= 15 is 0 Å². The van der Waals surface area contributed by atoms with E-state index in [0.29, 0.717) is 11.8 Å². The van der Waals surface area contributed by atoms with Gasteiger partial charge in [0.1, 0.15) is 0 Å². The zero-order chi connectivity index (χ0) is 10.8. The average Bonchev–Trinajstić information content (AvgIpc) is 2.84. The van der Waals surface area contributed by atoms with E-state index in [2.05, 4.69) is 22.4 Å². The van der Waals surface area contributed by atoms with E-state index in [1.165, 1.54) is 4.88 Å². The fourth-order valence-electron chi connectivity index (χ4n) is 1.18. The van der Waals surface area contributed by atoms with Gasteiger partial charge in [0.25, 0.3) is 5.89 Å². The molecule has 2 heterocycles. The molecule has 0 radical (unpaired) electrons. The Bertz CT molecular complexity index is 449. The van der Waals surface area contributed by atoms with Crippen LogP contribution in [-0.4, -0.2) is 17.2 Å². The van der Waals surface area contributed by atoms with Crippen molar-refractivity contribution in [2.75, 3.05) is 7.05 Å². The van der Waals surface area contributed by atoms with Gasteiger partial charge in [-0.05, 0) is 33.0 Å². The fraction of sp³-hybridized carbons (Fsp3) is 0.400. The lowest BCUT2D eigenvalue weighted by Gasteiger charge is -2.01. The Labute approximate surface area is 92.3 Å². The number of thiophene rings is 1. The van der Waals surface area contributed by atoms with Crippen LogP contribution in [0.1, 0.15) is 23.7 Å². The highest BCUT2D eigenvalue weighted by Gasteiger charge is 2.13. The first-order valence-electron chi connectivity index (χ1n) is 4.78. The van der Waals surface area contributed by atoms with Gasteiger partial charge in [-0.15, -0.1) is 21.5 Å². The molecule has 2 aromatic heterocycles. The van der Waals surface area contributed by atoms with E-state index in [0.717, 1.165) is 4.88 Å². The van der Waals surface area contributed by atoms with Gasteiger partial charge >= 0.3 is 0 Å². The van der Waals surface area contributed by atoms with Crippen LogP contribution in [0.25, 0.3) is 10.8 Å². The van der Waals surface area contributed by atoms with E-state index in [9.17, 15) is 0 Å². The number of aryl methyl sites for hydroxylation is 1. The molecule has 0 fully saturated rings. The smallest absolute Gasteiger partial charge is 0.257 e. The normalized spacial score (nSPS) is 13.0. The number of nitrogens with one attached hydrogen (secondary N) is 1. The van der Waals surface area contributed by atoms with Crippen LogP contribution in [-0.2, 0) is 0 Å². The highest BCUT2D eigenvalue weighted by Crippen LogP contribution is 2.27. The first-order chi connectivity index (χ1) is 7.20. The summed E-state index contributed by atoms with van der Waals surface area (Å²) < 4.78 is 5.56. The molecule has 5 heteroatoms. The minimum atomic E-state index is 0.0901. The van der Waals surface area contributed by atoms with Crippen LogP contribution in [0.2, 0.25) is 0 Å². The molecule has 0 aliphatic carbocycles. The zero-order valence-corrected chi connectivity index (χ0v) is 9.76. The maximum Gasteiger partial charge on any atom is 0.257 e. The van der Waals surface area contributed by atoms with Crippen LogP contribution < -0.4 is 5.32 Å². The van der Waals surface area contributed by atoms with Crippen molar-refractivity contribution in [3.63, 3.8) is 0 Å². The molecular weight excluding hydrogens is 210 g/mol. The van der Waals surface area contributed by atoms with Gasteiger partial charge in [0, 0.05) is 4.88 Å². The Hall–Kier alpha value is -1.20. The SMILES string of the molecule is CNC(C)c1nnc(-c2ccc(C)s2)o1. The van der Waals surface area contributed by atoms with E-state index in [1.807, 2.05) is 26.1 Å². The van der Waals surface area contributed by atoms with E-state index < -0.39 is 0 Å². The molecule has 0 aliphatic rings. The summed E-state index contributed by atoms with van der Waals surface area (Å²) in [6.07, 6.45) is 0. The lowest BCUT2D eigenvalue weighted by atomic mass is 10.3. The minimum Gasteiger partial charge on any atom is -0.418 e. The minimum absolute atomic E-state index is 0.0901. The summed E-state index contributed by atoms with van der Waals surface area (Å²) in [6, 6.07) is 4.14. The summed E-state index contributed by atoms with van der Waals surface area (Å²) in [5, 5.41) is 11.1. The van der Waals surface area contributed by atoms with Crippen LogP contribution in [0, 0.1) is 6.92 Å². The van der Waals surface area contributed by atoms with Gasteiger partial charge in [-0.2, -0.15) is 0 Å². The topological polar surface area (TPSA) is 51.0 Å². The van der Waals surface area contributed by atoms with Gasteiger partial charge in [0.05, 0.1) is 10.9 Å².